The van der Waals surface area contributed by atoms with Crippen LogP contribution >= 0.6 is 28.1 Å². The predicted molar refractivity (Wildman–Crippen MR) is 91.6 cm³/mol. The highest BCUT2D eigenvalue weighted by Crippen LogP contribution is 2.15. The first-order valence-corrected chi connectivity index (χ1v) is 8.93. The fourth-order valence-corrected chi connectivity index (χ4v) is 3.50. The first-order chi connectivity index (χ1) is 9.47. The Morgan fingerprint density at radius 2 is 1.75 bits per heavy atom. The number of nitrogens with zero attached hydrogens (tertiary/aromatic N) is 1. The van der Waals surface area contributed by atoms with Gasteiger partial charge >= 0.3 is 0 Å². The molecule has 0 bridgehead atoms. The van der Waals surface area contributed by atoms with Gasteiger partial charge in [-0.25, -0.2) is 4.21 Å². The Morgan fingerprint density at radius 3 is 2.35 bits per heavy atom. The summed E-state index contributed by atoms with van der Waals surface area (Å²) < 4.78 is 17.7. The molecule has 20 heavy (non-hydrogen) atoms. The first-order valence-electron chi connectivity index (χ1n) is 5.81. The molecule has 6 heteroatoms. The molecule has 0 radical (unpaired) electrons. The fourth-order valence-electron chi connectivity index (χ4n) is 1.56. The highest BCUT2D eigenvalue weighted by molar-refractivity contribution is 9.10. The lowest BCUT2D eigenvalue weighted by Crippen LogP contribution is -2.09. The van der Waals surface area contributed by atoms with Crippen LogP contribution in [0.25, 0.3) is 0 Å². The van der Waals surface area contributed by atoms with Crippen molar-refractivity contribution >= 4 is 48.7 Å². The molecule has 0 heterocycles. The second kappa shape index (κ2) is 6.47. The molecule has 0 fully saturated rings. The summed E-state index contributed by atoms with van der Waals surface area (Å²) in [5.41, 5.74) is 0.810. The molecular weight excluding hydrogens is 356 g/mol. The quantitative estimate of drug-likeness (QED) is 0.803. The third-order valence-corrected chi connectivity index (χ3v) is 5.05. The van der Waals surface area contributed by atoms with Crippen LogP contribution in [0.15, 0.2) is 68.3 Å². The fraction of sp³-hybridized carbons (Fsp3) is 0.0714. The summed E-state index contributed by atoms with van der Waals surface area (Å²) in [4.78, 5) is 0.667. The van der Waals surface area contributed by atoms with Crippen LogP contribution in [0.5, 0.6) is 0 Å². The minimum Gasteiger partial charge on any atom is -0.330 e. The lowest BCUT2D eigenvalue weighted by Gasteiger charge is -2.07. The largest absolute Gasteiger partial charge is 0.330 e. The zero-order valence-electron chi connectivity index (χ0n) is 10.7. The van der Waals surface area contributed by atoms with Crippen molar-refractivity contribution in [3.05, 3.63) is 59.1 Å². The van der Waals surface area contributed by atoms with E-state index < -0.39 is 9.73 Å². The van der Waals surface area contributed by atoms with Crippen molar-refractivity contribution in [1.29, 1.82) is 0 Å². The monoisotopic (exact) mass is 368 g/mol. The Bertz CT molecular complexity index is 721. The van der Waals surface area contributed by atoms with E-state index in [4.69, 9.17) is 12.2 Å². The van der Waals surface area contributed by atoms with Gasteiger partial charge in [-0.3, -0.25) is 0 Å². The van der Waals surface area contributed by atoms with E-state index in [2.05, 4.69) is 25.6 Å². The van der Waals surface area contributed by atoms with Crippen molar-refractivity contribution in [1.82, 2.24) is 0 Å². The summed E-state index contributed by atoms with van der Waals surface area (Å²) in [6, 6.07) is 16.6. The molecule has 0 spiro atoms. The van der Waals surface area contributed by atoms with E-state index in [1.165, 1.54) is 0 Å². The SMILES string of the molecule is C[S@](=O)(=NC(=S)Nc1ccc(Br)cc1)c1ccccc1. The normalized spacial score (nSPS) is 13.3. The number of rotatable bonds is 2. The molecule has 1 N–H and O–H groups in total. The molecule has 104 valence electrons. The van der Waals surface area contributed by atoms with Gasteiger partial charge in [0.15, 0.2) is 0 Å². The Hall–Kier alpha value is -1.24. The molecule has 0 saturated carbocycles. The zero-order valence-corrected chi connectivity index (χ0v) is 14.0. The van der Waals surface area contributed by atoms with Crippen LogP contribution in [0.1, 0.15) is 0 Å². The maximum atomic E-state index is 12.5. The maximum Gasteiger partial charge on any atom is 0.206 e. The van der Waals surface area contributed by atoms with E-state index in [0.717, 1.165) is 10.2 Å². The van der Waals surface area contributed by atoms with Crippen LogP contribution in [0.3, 0.4) is 0 Å². The van der Waals surface area contributed by atoms with Gasteiger partial charge in [-0.1, -0.05) is 34.1 Å². The van der Waals surface area contributed by atoms with Crippen LogP contribution in [-0.4, -0.2) is 15.6 Å². The third kappa shape index (κ3) is 4.13. The maximum absolute atomic E-state index is 12.5. The summed E-state index contributed by atoms with van der Waals surface area (Å²) in [5.74, 6) is 0. The summed E-state index contributed by atoms with van der Waals surface area (Å²) >= 11 is 8.51. The minimum atomic E-state index is -2.53. The van der Waals surface area contributed by atoms with Crippen LogP contribution in [0.2, 0.25) is 0 Å². The number of hydrogen-bond donors (Lipinski definition) is 1. The third-order valence-electron chi connectivity index (χ3n) is 2.53. The topological polar surface area (TPSA) is 41.5 Å². The average Bonchev–Trinajstić information content (AvgIpc) is 2.42. The average molecular weight is 369 g/mol. The van der Waals surface area contributed by atoms with Crippen molar-refractivity contribution in [3.8, 4) is 0 Å². The van der Waals surface area contributed by atoms with E-state index >= 15 is 0 Å². The van der Waals surface area contributed by atoms with Crippen molar-refractivity contribution in [3.63, 3.8) is 0 Å². The van der Waals surface area contributed by atoms with Gasteiger partial charge in [0, 0.05) is 21.3 Å². The standard InChI is InChI=1S/C14H13BrN2OS2/c1-20(18,13-5-3-2-4-6-13)17-14(19)16-12-9-7-11(15)8-10-12/h2-10H,1H3,(H,16,19)/t20-/m1/s1. The van der Waals surface area contributed by atoms with Crippen molar-refractivity contribution in [2.45, 2.75) is 4.90 Å². The van der Waals surface area contributed by atoms with Crippen molar-refractivity contribution < 1.29 is 4.21 Å². The highest BCUT2D eigenvalue weighted by Gasteiger charge is 2.06. The molecule has 0 unspecified atom stereocenters. The molecule has 0 aliphatic heterocycles. The van der Waals surface area contributed by atoms with Crippen molar-refractivity contribution in [2.24, 2.45) is 4.36 Å². The lowest BCUT2D eigenvalue weighted by atomic mass is 10.3. The number of benzene rings is 2. The number of halogens is 1. The van der Waals surface area contributed by atoms with E-state index in [-0.39, 0.29) is 5.11 Å². The Kier molecular flexibility index (Phi) is 4.91. The Labute approximate surface area is 132 Å². The molecule has 3 nitrogen and oxygen atoms in total. The van der Waals surface area contributed by atoms with E-state index in [9.17, 15) is 4.21 Å². The summed E-state index contributed by atoms with van der Waals surface area (Å²) in [6.07, 6.45) is 1.58. The molecule has 1 atom stereocenters. The zero-order chi connectivity index (χ0) is 14.6. The Balaban J connectivity index is 2.20. The first kappa shape index (κ1) is 15.2. The highest BCUT2D eigenvalue weighted by atomic mass is 79.9. The van der Waals surface area contributed by atoms with Gasteiger partial charge in [-0.2, -0.15) is 4.36 Å². The van der Waals surface area contributed by atoms with Gasteiger partial charge < -0.3 is 5.32 Å². The molecule has 0 amide bonds. The van der Waals surface area contributed by atoms with Gasteiger partial charge in [-0.15, -0.1) is 0 Å². The second-order valence-corrected chi connectivity index (χ2v) is 7.71. The summed E-state index contributed by atoms with van der Waals surface area (Å²) in [5, 5.41) is 3.17. The van der Waals surface area contributed by atoms with Gasteiger partial charge in [0.2, 0.25) is 5.11 Å². The van der Waals surface area contributed by atoms with Crippen LogP contribution < -0.4 is 5.32 Å². The van der Waals surface area contributed by atoms with Gasteiger partial charge in [0.25, 0.3) is 0 Å². The molecule has 0 saturated heterocycles. The summed E-state index contributed by atoms with van der Waals surface area (Å²) in [6.45, 7) is 0. The smallest absolute Gasteiger partial charge is 0.206 e. The van der Waals surface area contributed by atoms with Crippen LogP contribution in [-0.2, 0) is 9.73 Å². The van der Waals surface area contributed by atoms with Gasteiger partial charge in [0.1, 0.15) is 0 Å². The number of thiocarbonyl (C=S) groups is 1. The molecule has 2 rings (SSSR count). The van der Waals surface area contributed by atoms with Gasteiger partial charge in [-0.05, 0) is 48.6 Å². The summed E-state index contributed by atoms with van der Waals surface area (Å²) in [7, 11) is -2.53. The molecule has 0 aliphatic carbocycles. The van der Waals surface area contributed by atoms with E-state index in [1.54, 1.807) is 18.4 Å². The molecule has 0 aliphatic rings. The number of hydrogen-bond acceptors (Lipinski definition) is 2. The van der Waals surface area contributed by atoms with E-state index in [0.29, 0.717) is 4.90 Å². The molecule has 0 aromatic heterocycles. The van der Waals surface area contributed by atoms with Crippen LogP contribution in [0.4, 0.5) is 5.69 Å². The Morgan fingerprint density at radius 1 is 1.15 bits per heavy atom. The number of nitrogens with one attached hydrogen (secondary N) is 1. The second-order valence-electron chi connectivity index (χ2n) is 4.14. The molecular formula is C14H13BrN2OS2. The van der Waals surface area contributed by atoms with E-state index in [1.807, 2.05) is 42.5 Å². The molecule has 2 aromatic carbocycles. The van der Waals surface area contributed by atoms with Crippen LogP contribution in [0, 0.1) is 0 Å². The van der Waals surface area contributed by atoms with Crippen molar-refractivity contribution in [2.75, 3.05) is 11.6 Å². The lowest BCUT2D eigenvalue weighted by molar-refractivity contribution is 0.681. The minimum absolute atomic E-state index is 0.212. The molecule has 2 aromatic rings. The van der Waals surface area contributed by atoms with Gasteiger partial charge in [0.05, 0.1) is 9.73 Å². The number of anilines is 1. The predicted octanol–water partition coefficient (Wildman–Crippen LogP) is 4.30.